The van der Waals surface area contributed by atoms with Gasteiger partial charge < -0.3 is 10.0 Å². The zero-order valence-corrected chi connectivity index (χ0v) is 22.0. The summed E-state index contributed by atoms with van der Waals surface area (Å²) in [6, 6.07) is 36.2. The molecule has 4 aromatic carbocycles. The van der Waals surface area contributed by atoms with Crippen LogP contribution in [0.3, 0.4) is 0 Å². The largest absolute Gasteiger partial charge is 0.489 e. The fraction of sp³-hybridized carbons (Fsp3) is 0.0857. The van der Waals surface area contributed by atoms with Gasteiger partial charge in [0.15, 0.2) is 0 Å². The first kappa shape index (κ1) is 23.1. The molecule has 3 atom stereocenters. The van der Waals surface area contributed by atoms with Crippen LogP contribution in [0, 0.1) is 0 Å². The molecule has 8 rings (SSSR count). The molecule has 1 spiro atoms. The van der Waals surface area contributed by atoms with Crippen LogP contribution in [0.1, 0.15) is 32.8 Å². The van der Waals surface area contributed by atoms with Crippen LogP contribution in [0.15, 0.2) is 150 Å². The van der Waals surface area contributed by atoms with E-state index in [1.807, 2.05) is 30.0 Å². The Hall–Kier alpha value is -3.83. The first-order chi connectivity index (χ1) is 19.2. The van der Waals surface area contributed by atoms with Gasteiger partial charge in [-0.1, -0.05) is 121 Å². The molecule has 4 aromatic rings. The van der Waals surface area contributed by atoms with Gasteiger partial charge in [0.2, 0.25) is 0 Å². The van der Waals surface area contributed by atoms with Gasteiger partial charge in [-0.25, -0.2) is 0 Å². The van der Waals surface area contributed by atoms with E-state index in [2.05, 4.69) is 109 Å². The Morgan fingerprint density at radius 2 is 1.36 bits per heavy atom. The first-order valence-electron chi connectivity index (χ1n) is 13.4. The Morgan fingerprint density at radius 1 is 0.692 bits per heavy atom. The molecule has 4 aliphatic rings. The summed E-state index contributed by atoms with van der Waals surface area (Å²) in [5.74, 6) is 0. The molecule has 0 amide bonds. The molecule has 3 aliphatic carbocycles. The van der Waals surface area contributed by atoms with E-state index in [9.17, 15) is 10.0 Å². The molecule has 1 saturated heterocycles. The molecule has 1 aliphatic heterocycles. The van der Waals surface area contributed by atoms with E-state index < -0.39 is 12.5 Å². The number of allylic oxidation sites excluding steroid dienone is 6. The minimum absolute atomic E-state index is 0.190. The van der Waals surface area contributed by atoms with E-state index >= 15 is 0 Å². The van der Waals surface area contributed by atoms with Gasteiger partial charge in [-0.15, -0.1) is 11.8 Å². The van der Waals surface area contributed by atoms with Crippen molar-refractivity contribution in [1.29, 1.82) is 0 Å². The Bertz CT molecular complexity index is 1770. The van der Waals surface area contributed by atoms with Crippen LogP contribution in [0.25, 0.3) is 11.1 Å². The fourth-order valence-electron chi connectivity index (χ4n) is 7.16. The van der Waals surface area contributed by atoms with Gasteiger partial charge in [-0.3, -0.25) is 0 Å². The van der Waals surface area contributed by atoms with Crippen LogP contribution < -0.4 is 5.46 Å². The number of fused-ring (bicyclic) bond motifs is 8. The van der Waals surface area contributed by atoms with Gasteiger partial charge in [0, 0.05) is 0 Å². The second-order valence-corrected chi connectivity index (χ2v) is 11.8. The van der Waals surface area contributed by atoms with Gasteiger partial charge in [0.05, 0.1) is 15.9 Å². The first-order valence-corrected chi connectivity index (χ1v) is 14.3. The van der Waals surface area contributed by atoms with Crippen LogP contribution in [0.4, 0.5) is 0 Å². The summed E-state index contributed by atoms with van der Waals surface area (Å²) >= 11 is 2.02. The third-order valence-corrected chi connectivity index (χ3v) is 10.2. The highest BCUT2D eigenvalue weighted by Gasteiger charge is 2.53. The van der Waals surface area contributed by atoms with Crippen molar-refractivity contribution in [3.8, 4) is 11.1 Å². The molecular formula is C35H25BO2S. The minimum atomic E-state index is -1.54. The zero-order valence-electron chi connectivity index (χ0n) is 21.2. The third kappa shape index (κ3) is 3.14. The number of benzene rings is 4. The maximum absolute atomic E-state index is 10.4. The Labute approximate surface area is 232 Å². The van der Waals surface area contributed by atoms with Crippen molar-refractivity contribution in [3.63, 3.8) is 0 Å². The predicted molar refractivity (Wildman–Crippen MR) is 161 cm³/mol. The summed E-state index contributed by atoms with van der Waals surface area (Å²) in [6.45, 7) is 0. The quantitative estimate of drug-likeness (QED) is 0.299. The van der Waals surface area contributed by atoms with Crippen LogP contribution in [0.2, 0.25) is 0 Å². The lowest BCUT2D eigenvalue weighted by Gasteiger charge is -2.35. The van der Waals surface area contributed by atoms with Crippen molar-refractivity contribution in [1.82, 2.24) is 0 Å². The molecule has 2 N–H and O–H groups in total. The molecule has 186 valence electrons. The van der Waals surface area contributed by atoms with Crippen molar-refractivity contribution in [2.24, 2.45) is 0 Å². The van der Waals surface area contributed by atoms with E-state index in [0.29, 0.717) is 5.46 Å². The molecule has 1 fully saturated rings. The van der Waals surface area contributed by atoms with E-state index in [-0.39, 0.29) is 10.5 Å². The van der Waals surface area contributed by atoms with Gasteiger partial charge in [-0.05, 0) is 67.2 Å². The van der Waals surface area contributed by atoms with Crippen LogP contribution in [0.5, 0.6) is 0 Å². The van der Waals surface area contributed by atoms with E-state index in [1.54, 1.807) is 0 Å². The fourth-order valence-corrected chi connectivity index (χ4v) is 8.79. The van der Waals surface area contributed by atoms with E-state index in [0.717, 1.165) is 16.7 Å². The standard InChI is InChI=1S/C35H25BO2S/c37-36(38)29-19-9-18-28-30(29)25-16-7-8-17-27(25)35(28)20-10-15-24-21-26-31(32(24)35)34(23-13-5-2-6-14-23)39-33(26)22-11-3-1-4-12-22/h1-21,33-34,37-38H. The summed E-state index contributed by atoms with van der Waals surface area (Å²) in [7, 11) is -1.54. The SMILES string of the molecule is OB(O)c1cccc2c1-c1ccccc1C21C=CC=C2C=C3C(=C21)C(c1ccccc1)SC3c1ccccc1. The number of hydrogen-bond donors (Lipinski definition) is 2. The highest BCUT2D eigenvalue weighted by atomic mass is 32.2. The van der Waals surface area contributed by atoms with Gasteiger partial charge in [0.1, 0.15) is 0 Å². The Kier molecular flexibility index (Phi) is 5.09. The van der Waals surface area contributed by atoms with Crippen molar-refractivity contribution in [2.45, 2.75) is 15.9 Å². The molecule has 3 unspecified atom stereocenters. The lowest BCUT2D eigenvalue weighted by Crippen LogP contribution is -2.33. The third-order valence-electron chi connectivity index (χ3n) is 8.64. The van der Waals surface area contributed by atoms with Gasteiger partial charge in [0.25, 0.3) is 0 Å². The number of thioether (sulfide) groups is 1. The summed E-state index contributed by atoms with van der Waals surface area (Å²) in [6.07, 6.45) is 9.18. The number of hydrogen-bond acceptors (Lipinski definition) is 3. The maximum Gasteiger partial charge on any atom is 0.489 e. The second-order valence-electron chi connectivity index (χ2n) is 10.6. The van der Waals surface area contributed by atoms with E-state index in [1.165, 1.54) is 39.0 Å². The average molecular weight is 520 g/mol. The lowest BCUT2D eigenvalue weighted by molar-refractivity contribution is 0.426. The van der Waals surface area contributed by atoms with E-state index in [4.69, 9.17) is 0 Å². The Morgan fingerprint density at radius 3 is 2.10 bits per heavy atom. The number of rotatable bonds is 3. The smallest absolute Gasteiger partial charge is 0.423 e. The highest BCUT2D eigenvalue weighted by Crippen LogP contribution is 2.67. The lowest BCUT2D eigenvalue weighted by atomic mass is 9.65. The van der Waals surface area contributed by atoms with Gasteiger partial charge in [-0.2, -0.15) is 0 Å². The summed E-state index contributed by atoms with van der Waals surface area (Å²) in [5.41, 5.74) is 12.4. The molecule has 0 bridgehead atoms. The molecular weight excluding hydrogens is 495 g/mol. The monoisotopic (exact) mass is 520 g/mol. The summed E-state index contributed by atoms with van der Waals surface area (Å²) in [5, 5.41) is 21.2. The molecule has 0 saturated carbocycles. The maximum atomic E-state index is 10.4. The van der Waals surface area contributed by atoms with Crippen molar-refractivity contribution in [3.05, 3.63) is 172 Å². The molecule has 0 radical (unpaired) electrons. The van der Waals surface area contributed by atoms with Crippen LogP contribution in [-0.2, 0) is 5.41 Å². The van der Waals surface area contributed by atoms with Crippen LogP contribution >= 0.6 is 11.8 Å². The molecule has 39 heavy (non-hydrogen) atoms. The normalized spacial score (nSPS) is 23.7. The van der Waals surface area contributed by atoms with Crippen LogP contribution in [-0.4, -0.2) is 17.2 Å². The van der Waals surface area contributed by atoms with Crippen molar-refractivity contribution in [2.75, 3.05) is 0 Å². The zero-order chi connectivity index (χ0) is 26.1. The molecule has 0 aromatic heterocycles. The summed E-state index contributed by atoms with van der Waals surface area (Å²) < 4.78 is 0. The van der Waals surface area contributed by atoms with Crippen molar-refractivity contribution >= 4 is 24.3 Å². The second kappa shape index (κ2) is 8.59. The van der Waals surface area contributed by atoms with Gasteiger partial charge >= 0.3 is 7.12 Å². The predicted octanol–water partition coefficient (Wildman–Crippen LogP) is 6.60. The topological polar surface area (TPSA) is 40.5 Å². The average Bonchev–Trinajstić information content (AvgIpc) is 3.63. The minimum Gasteiger partial charge on any atom is -0.423 e. The molecule has 2 nitrogen and oxygen atoms in total. The van der Waals surface area contributed by atoms with Crippen molar-refractivity contribution < 1.29 is 10.0 Å². The highest BCUT2D eigenvalue weighted by molar-refractivity contribution is 8.00. The molecule has 1 heterocycles. The summed E-state index contributed by atoms with van der Waals surface area (Å²) in [4.78, 5) is 0. The Balaban J connectivity index is 1.45. The molecule has 4 heteroatoms.